The van der Waals surface area contributed by atoms with E-state index in [2.05, 4.69) is 10.1 Å². The molecule has 2 heterocycles. The Balaban J connectivity index is 2.16. The summed E-state index contributed by atoms with van der Waals surface area (Å²) in [6.45, 7) is 0. The minimum atomic E-state index is 0.411. The van der Waals surface area contributed by atoms with Gasteiger partial charge in [-0.3, -0.25) is 4.98 Å². The van der Waals surface area contributed by atoms with E-state index in [9.17, 15) is 0 Å². The fraction of sp³-hybridized carbons (Fsp3) is 0. The Hall–Kier alpha value is -2.33. The summed E-state index contributed by atoms with van der Waals surface area (Å²) in [7, 11) is 0. The van der Waals surface area contributed by atoms with Crippen LogP contribution >= 0.6 is 11.6 Å². The first-order valence-electron chi connectivity index (χ1n) is 5.78. The van der Waals surface area contributed by atoms with E-state index in [4.69, 9.17) is 17.3 Å². The molecule has 0 spiro atoms. The van der Waals surface area contributed by atoms with Gasteiger partial charge in [-0.25, -0.2) is 4.68 Å². The largest absolute Gasteiger partial charge is 0.382 e. The molecule has 0 saturated heterocycles. The Morgan fingerprint density at radius 2 is 1.74 bits per heavy atom. The van der Waals surface area contributed by atoms with E-state index in [1.165, 1.54) is 0 Å². The topological polar surface area (TPSA) is 56.7 Å². The Morgan fingerprint density at radius 3 is 2.42 bits per heavy atom. The number of halogens is 1. The van der Waals surface area contributed by atoms with E-state index in [1.807, 2.05) is 48.5 Å². The first-order chi connectivity index (χ1) is 9.27. The Labute approximate surface area is 115 Å². The van der Waals surface area contributed by atoms with Gasteiger partial charge in [0.2, 0.25) is 0 Å². The minimum Gasteiger partial charge on any atom is -0.382 e. The smallest absolute Gasteiger partial charge is 0.146 e. The van der Waals surface area contributed by atoms with Crippen molar-refractivity contribution in [2.45, 2.75) is 0 Å². The van der Waals surface area contributed by atoms with Crippen molar-refractivity contribution in [1.82, 2.24) is 14.8 Å². The summed E-state index contributed by atoms with van der Waals surface area (Å²) in [4.78, 5) is 4.24. The van der Waals surface area contributed by atoms with Crippen molar-refractivity contribution in [3.05, 3.63) is 59.8 Å². The molecule has 5 heteroatoms. The van der Waals surface area contributed by atoms with Crippen molar-refractivity contribution >= 4 is 17.4 Å². The van der Waals surface area contributed by atoms with E-state index in [0.29, 0.717) is 22.2 Å². The fourth-order valence-electron chi connectivity index (χ4n) is 1.84. The summed E-state index contributed by atoms with van der Waals surface area (Å²) in [6, 6.07) is 15.2. The van der Waals surface area contributed by atoms with E-state index in [0.717, 1.165) is 5.69 Å². The second kappa shape index (κ2) is 4.74. The second-order valence-electron chi connectivity index (χ2n) is 4.01. The van der Waals surface area contributed by atoms with Crippen LogP contribution in [0, 0.1) is 0 Å². The number of nitrogen functional groups attached to an aromatic ring is 1. The molecule has 0 aliphatic rings. The molecule has 0 radical (unpaired) electrons. The normalized spacial score (nSPS) is 10.6. The maximum absolute atomic E-state index is 6.25. The molecule has 3 rings (SSSR count). The molecule has 0 saturated carbocycles. The highest BCUT2D eigenvalue weighted by Crippen LogP contribution is 2.32. The number of para-hydroxylation sites is 1. The van der Waals surface area contributed by atoms with Gasteiger partial charge in [0.25, 0.3) is 0 Å². The lowest BCUT2D eigenvalue weighted by Crippen LogP contribution is -2.01. The molecule has 4 nitrogen and oxygen atoms in total. The average molecular weight is 271 g/mol. The van der Waals surface area contributed by atoms with Gasteiger partial charge >= 0.3 is 0 Å². The summed E-state index contributed by atoms with van der Waals surface area (Å²) in [5, 5.41) is 4.87. The van der Waals surface area contributed by atoms with Crippen LogP contribution in [0.2, 0.25) is 5.02 Å². The van der Waals surface area contributed by atoms with Crippen LogP contribution in [-0.4, -0.2) is 14.8 Å². The van der Waals surface area contributed by atoms with Crippen LogP contribution in [0.5, 0.6) is 0 Å². The highest BCUT2D eigenvalue weighted by molar-refractivity contribution is 6.35. The number of rotatable bonds is 2. The summed E-state index contributed by atoms with van der Waals surface area (Å²) < 4.78 is 1.62. The molecule has 0 atom stereocenters. The van der Waals surface area contributed by atoms with Crippen LogP contribution in [0.15, 0.2) is 54.7 Å². The highest BCUT2D eigenvalue weighted by atomic mass is 35.5. The lowest BCUT2D eigenvalue weighted by molar-refractivity contribution is 0.893. The van der Waals surface area contributed by atoms with Crippen molar-refractivity contribution < 1.29 is 0 Å². The van der Waals surface area contributed by atoms with Gasteiger partial charge in [0, 0.05) is 6.20 Å². The zero-order chi connectivity index (χ0) is 13.2. The van der Waals surface area contributed by atoms with Crippen LogP contribution in [0.4, 0.5) is 5.82 Å². The van der Waals surface area contributed by atoms with Gasteiger partial charge in [-0.15, -0.1) is 0 Å². The van der Waals surface area contributed by atoms with Crippen LogP contribution < -0.4 is 5.73 Å². The number of pyridine rings is 1. The van der Waals surface area contributed by atoms with Gasteiger partial charge in [0.05, 0.1) is 11.4 Å². The summed E-state index contributed by atoms with van der Waals surface area (Å²) in [5.74, 6) is 0.411. The molecule has 0 fully saturated rings. The Bertz CT molecular complexity index is 632. The molecule has 94 valence electrons. The Morgan fingerprint density at radius 1 is 1.00 bits per heavy atom. The van der Waals surface area contributed by atoms with Crippen molar-refractivity contribution in [2.75, 3.05) is 5.73 Å². The number of nitrogens with two attached hydrogens (primary N) is 1. The van der Waals surface area contributed by atoms with Gasteiger partial charge in [0.15, 0.2) is 0 Å². The van der Waals surface area contributed by atoms with E-state index in [1.54, 1.807) is 10.9 Å². The molecule has 0 bridgehead atoms. The standard InChI is InChI=1S/C14H11ClN4/c15-12-13(11-8-4-5-9-17-11)18-19(14(12)16)10-6-2-1-3-7-10/h1-9H,16H2. The fourth-order valence-corrected chi connectivity index (χ4v) is 2.06. The second-order valence-corrected chi connectivity index (χ2v) is 4.39. The van der Waals surface area contributed by atoms with Crippen molar-refractivity contribution in [3.63, 3.8) is 0 Å². The van der Waals surface area contributed by atoms with Crippen molar-refractivity contribution in [1.29, 1.82) is 0 Å². The quantitative estimate of drug-likeness (QED) is 0.778. The molecular formula is C14H11ClN4. The van der Waals surface area contributed by atoms with Gasteiger partial charge in [-0.2, -0.15) is 5.10 Å². The predicted molar refractivity (Wildman–Crippen MR) is 76.2 cm³/mol. The number of benzene rings is 1. The number of aromatic nitrogens is 3. The lowest BCUT2D eigenvalue weighted by atomic mass is 10.3. The molecular weight excluding hydrogens is 260 g/mol. The maximum atomic E-state index is 6.25. The zero-order valence-electron chi connectivity index (χ0n) is 9.99. The number of hydrogen-bond acceptors (Lipinski definition) is 3. The van der Waals surface area contributed by atoms with Crippen LogP contribution in [0.3, 0.4) is 0 Å². The van der Waals surface area contributed by atoms with Gasteiger partial charge in [-0.05, 0) is 24.3 Å². The molecule has 2 N–H and O–H groups in total. The maximum Gasteiger partial charge on any atom is 0.146 e. The summed E-state index contributed by atoms with van der Waals surface area (Å²) in [5.41, 5.74) is 8.17. The first-order valence-corrected chi connectivity index (χ1v) is 6.16. The number of nitrogens with zero attached hydrogens (tertiary/aromatic N) is 3. The molecule has 0 aliphatic carbocycles. The average Bonchev–Trinajstić information content (AvgIpc) is 2.77. The molecule has 0 aliphatic heterocycles. The van der Waals surface area contributed by atoms with Crippen molar-refractivity contribution in [3.8, 4) is 17.1 Å². The number of hydrogen-bond donors (Lipinski definition) is 1. The minimum absolute atomic E-state index is 0.411. The van der Waals surface area contributed by atoms with Crippen LogP contribution in [0.1, 0.15) is 0 Å². The predicted octanol–water partition coefficient (Wildman–Crippen LogP) is 3.17. The lowest BCUT2D eigenvalue weighted by Gasteiger charge is -2.02. The first kappa shape index (κ1) is 11.7. The van der Waals surface area contributed by atoms with Gasteiger partial charge in [0.1, 0.15) is 16.5 Å². The molecule has 19 heavy (non-hydrogen) atoms. The third-order valence-corrected chi connectivity index (χ3v) is 3.14. The molecule has 0 amide bonds. The molecule has 0 unspecified atom stereocenters. The van der Waals surface area contributed by atoms with E-state index in [-0.39, 0.29) is 0 Å². The summed E-state index contributed by atoms with van der Waals surface area (Å²) in [6.07, 6.45) is 1.70. The van der Waals surface area contributed by atoms with Gasteiger partial charge < -0.3 is 5.73 Å². The highest BCUT2D eigenvalue weighted by Gasteiger charge is 2.16. The third-order valence-electron chi connectivity index (χ3n) is 2.77. The number of anilines is 1. The third kappa shape index (κ3) is 2.06. The monoisotopic (exact) mass is 270 g/mol. The molecule has 1 aromatic carbocycles. The van der Waals surface area contributed by atoms with E-state index < -0.39 is 0 Å². The zero-order valence-corrected chi connectivity index (χ0v) is 10.7. The summed E-state index contributed by atoms with van der Waals surface area (Å²) >= 11 is 6.25. The Kier molecular flexibility index (Phi) is 2.93. The van der Waals surface area contributed by atoms with Crippen LogP contribution in [0.25, 0.3) is 17.1 Å². The SMILES string of the molecule is Nc1c(Cl)c(-c2ccccn2)nn1-c1ccccc1. The molecule has 2 aromatic heterocycles. The van der Waals surface area contributed by atoms with E-state index >= 15 is 0 Å². The van der Waals surface area contributed by atoms with Crippen LogP contribution in [-0.2, 0) is 0 Å². The van der Waals surface area contributed by atoms with Gasteiger partial charge in [-0.1, -0.05) is 35.9 Å². The van der Waals surface area contributed by atoms with Crippen molar-refractivity contribution in [2.24, 2.45) is 0 Å². The molecule has 3 aromatic rings.